The van der Waals surface area contributed by atoms with Crippen molar-refractivity contribution in [1.29, 1.82) is 0 Å². The number of anilines is 1. The fourth-order valence-electron chi connectivity index (χ4n) is 2.61. The molecule has 0 aliphatic rings. The lowest BCUT2D eigenvalue weighted by molar-refractivity contribution is 0.460. The maximum Gasteiger partial charge on any atom is 0.174 e. The molecule has 5 heteroatoms. The van der Waals surface area contributed by atoms with Crippen LogP contribution >= 0.6 is 11.6 Å². The molecule has 0 fully saturated rings. The molecule has 0 atom stereocenters. The Bertz CT molecular complexity index is 994. The molecule has 0 unspecified atom stereocenters. The summed E-state index contributed by atoms with van der Waals surface area (Å²) in [5.41, 5.74) is 9.78. The maximum atomic E-state index is 6.01. The van der Waals surface area contributed by atoms with Crippen molar-refractivity contribution in [3.8, 4) is 0 Å². The summed E-state index contributed by atoms with van der Waals surface area (Å²) in [4.78, 5) is 4.31. The molecule has 0 aliphatic heterocycles. The van der Waals surface area contributed by atoms with E-state index in [0.29, 0.717) is 16.4 Å². The van der Waals surface area contributed by atoms with E-state index < -0.39 is 0 Å². The van der Waals surface area contributed by atoms with Gasteiger partial charge >= 0.3 is 0 Å². The van der Waals surface area contributed by atoms with Crippen LogP contribution in [0, 0.1) is 0 Å². The molecular weight excluding hydrogens is 298 g/mol. The summed E-state index contributed by atoms with van der Waals surface area (Å²) in [5.74, 6) is 0.423. The number of nitrogen functional groups attached to an aromatic ring is 1. The van der Waals surface area contributed by atoms with E-state index >= 15 is 0 Å². The molecule has 4 aromatic rings. The highest BCUT2D eigenvalue weighted by atomic mass is 35.5. The van der Waals surface area contributed by atoms with Gasteiger partial charge in [-0.1, -0.05) is 28.9 Å². The van der Waals surface area contributed by atoms with E-state index in [1.165, 1.54) is 5.56 Å². The zero-order chi connectivity index (χ0) is 15.1. The summed E-state index contributed by atoms with van der Waals surface area (Å²) in [6.45, 7) is 0. The first-order valence-electron chi connectivity index (χ1n) is 6.87. The van der Waals surface area contributed by atoms with Crippen molar-refractivity contribution in [2.45, 2.75) is 6.42 Å². The molecule has 0 radical (unpaired) electrons. The van der Waals surface area contributed by atoms with Gasteiger partial charge < -0.3 is 10.3 Å². The second-order valence-corrected chi connectivity index (χ2v) is 5.69. The minimum absolute atomic E-state index is 0.423. The first-order valence-corrected chi connectivity index (χ1v) is 7.25. The molecule has 22 heavy (non-hydrogen) atoms. The second-order valence-electron chi connectivity index (χ2n) is 5.26. The van der Waals surface area contributed by atoms with E-state index in [0.717, 1.165) is 28.3 Å². The van der Waals surface area contributed by atoms with Gasteiger partial charge in [0.1, 0.15) is 0 Å². The lowest BCUT2D eigenvalue weighted by Gasteiger charge is -2.04. The van der Waals surface area contributed by atoms with Crippen molar-refractivity contribution >= 4 is 39.3 Å². The largest absolute Gasteiger partial charge is 0.380 e. The third kappa shape index (κ3) is 2.27. The van der Waals surface area contributed by atoms with E-state index in [4.69, 9.17) is 21.9 Å². The van der Waals surface area contributed by atoms with Crippen LogP contribution in [-0.2, 0) is 6.42 Å². The molecule has 0 spiro atoms. The number of nitrogens with two attached hydrogens (primary N) is 1. The zero-order valence-corrected chi connectivity index (χ0v) is 12.3. The molecule has 0 aliphatic carbocycles. The maximum absolute atomic E-state index is 6.01. The molecule has 4 nitrogen and oxygen atoms in total. The Morgan fingerprint density at radius 3 is 2.77 bits per heavy atom. The molecule has 108 valence electrons. The van der Waals surface area contributed by atoms with Gasteiger partial charge in [-0.05, 0) is 47.9 Å². The number of nitrogens with zero attached hydrogens (tertiary/aromatic N) is 2. The normalized spacial score (nSPS) is 11.3. The van der Waals surface area contributed by atoms with Gasteiger partial charge in [-0.2, -0.15) is 0 Å². The molecule has 2 N–H and O–H groups in total. The quantitative estimate of drug-likeness (QED) is 0.602. The monoisotopic (exact) mass is 309 g/mol. The van der Waals surface area contributed by atoms with Gasteiger partial charge in [0, 0.05) is 11.6 Å². The molecule has 0 amide bonds. The highest BCUT2D eigenvalue weighted by Gasteiger charge is 2.07. The topological polar surface area (TPSA) is 64.9 Å². The zero-order valence-electron chi connectivity index (χ0n) is 11.6. The van der Waals surface area contributed by atoms with Crippen molar-refractivity contribution in [2.24, 2.45) is 0 Å². The fourth-order valence-corrected chi connectivity index (χ4v) is 2.78. The van der Waals surface area contributed by atoms with Gasteiger partial charge in [0.2, 0.25) is 0 Å². The molecule has 2 aromatic heterocycles. The fraction of sp³-hybridized carbons (Fsp3) is 0.0588. The van der Waals surface area contributed by atoms with E-state index in [2.05, 4.69) is 22.3 Å². The van der Waals surface area contributed by atoms with Crippen LogP contribution in [-0.4, -0.2) is 10.1 Å². The molecule has 4 rings (SSSR count). The molecule has 0 bridgehead atoms. The lowest BCUT2D eigenvalue weighted by Crippen LogP contribution is -1.90. The third-order valence-corrected chi connectivity index (χ3v) is 3.89. The number of hydrogen-bond acceptors (Lipinski definition) is 4. The van der Waals surface area contributed by atoms with E-state index in [-0.39, 0.29) is 0 Å². The average molecular weight is 310 g/mol. The van der Waals surface area contributed by atoms with Crippen LogP contribution in [0.5, 0.6) is 0 Å². The third-order valence-electron chi connectivity index (χ3n) is 3.68. The van der Waals surface area contributed by atoms with E-state index in [1.54, 1.807) is 6.20 Å². The van der Waals surface area contributed by atoms with Crippen LogP contribution in [0.2, 0.25) is 5.02 Å². The first-order chi connectivity index (χ1) is 10.7. The van der Waals surface area contributed by atoms with Gasteiger partial charge in [0.05, 0.1) is 15.9 Å². The lowest BCUT2D eigenvalue weighted by atomic mass is 10.0. The predicted molar refractivity (Wildman–Crippen MR) is 88.0 cm³/mol. The van der Waals surface area contributed by atoms with Crippen LogP contribution in [0.25, 0.3) is 21.9 Å². The Hall–Kier alpha value is -2.59. The van der Waals surface area contributed by atoms with Crippen LogP contribution in [0.4, 0.5) is 5.82 Å². The minimum Gasteiger partial charge on any atom is -0.380 e. The Labute approximate surface area is 131 Å². The van der Waals surface area contributed by atoms with Gasteiger partial charge in [-0.15, -0.1) is 0 Å². The van der Waals surface area contributed by atoms with Gasteiger partial charge in [-0.3, -0.25) is 4.98 Å². The summed E-state index contributed by atoms with van der Waals surface area (Å²) in [7, 11) is 0. The van der Waals surface area contributed by atoms with E-state index in [9.17, 15) is 0 Å². The number of rotatable bonds is 2. The van der Waals surface area contributed by atoms with Crippen LogP contribution in [0.1, 0.15) is 11.1 Å². The minimum atomic E-state index is 0.423. The Balaban J connectivity index is 1.73. The van der Waals surface area contributed by atoms with Crippen molar-refractivity contribution < 1.29 is 4.52 Å². The van der Waals surface area contributed by atoms with Crippen LogP contribution in [0.3, 0.4) is 0 Å². The van der Waals surface area contributed by atoms with Gasteiger partial charge in [-0.25, -0.2) is 0 Å². The van der Waals surface area contributed by atoms with Crippen molar-refractivity contribution in [3.05, 3.63) is 64.8 Å². The first kappa shape index (κ1) is 13.1. The van der Waals surface area contributed by atoms with Crippen molar-refractivity contribution in [2.75, 3.05) is 5.73 Å². The molecule has 0 saturated heterocycles. The number of halogens is 1. The van der Waals surface area contributed by atoms with Gasteiger partial charge in [0.25, 0.3) is 0 Å². The summed E-state index contributed by atoms with van der Waals surface area (Å²) >= 11 is 6.01. The second kappa shape index (κ2) is 5.00. The average Bonchev–Trinajstić information content (AvgIpc) is 2.88. The highest BCUT2D eigenvalue weighted by Crippen LogP contribution is 2.24. The number of hydrogen-bond donors (Lipinski definition) is 1. The van der Waals surface area contributed by atoms with Crippen molar-refractivity contribution in [3.63, 3.8) is 0 Å². The number of aromatic nitrogens is 2. The number of pyridine rings is 1. The van der Waals surface area contributed by atoms with E-state index in [1.807, 2.05) is 30.3 Å². The summed E-state index contributed by atoms with van der Waals surface area (Å²) in [6.07, 6.45) is 2.45. The Morgan fingerprint density at radius 2 is 1.86 bits per heavy atom. The Morgan fingerprint density at radius 1 is 1.05 bits per heavy atom. The SMILES string of the molecule is Nc1noc2ccc(Cc3ccc4ncc(Cl)cc4c3)cc12. The summed E-state index contributed by atoms with van der Waals surface area (Å²) in [5, 5.41) is 6.30. The number of fused-ring (bicyclic) bond motifs is 2. The smallest absolute Gasteiger partial charge is 0.174 e. The van der Waals surface area contributed by atoms with Gasteiger partial charge in [0.15, 0.2) is 11.4 Å². The standard InChI is InChI=1S/C17H12ClN3O/c18-13-8-12-6-10(1-3-15(12)20-9-13)5-11-2-4-16-14(7-11)17(19)21-22-16/h1-4,6-9H,5H2,(H2,19,21). The molecular formula is C17H12ClN3O. The molecule has 2 aromatic carbocycles. The highest BCUT2D eigenvalue weighted by molar-refractivity contribution is 6.31. The van der Waals surface area contributed by atoms with Crippen LogP contribution in [0.15, 0.2) is 53.2 Å². The van der Waals surface area contributed by atoms with Crippen molar-refractivity contribution in [1.82, 2.24) is 10.1 Å². The number of benzene rings is 2. The summed E-state index contributed by atoms with van der Waals surface area (Å²) in [6, 6.07) is 14.0. The summed E-state index contributed by atoms with van der Waals surface area (Å²) < 4.78 is 5.13. The Kier molecular flexibility index (Phi) is 2.98. The molecule has 0 saturated carbocycles. The predicted octanol–water partition coefficient (Wildman–Crippen LogP) is 4.20. The van der Waals surface area contributed by atoms with Crippen LogP contribution < -0.4 is 5.73 Å². The molecule has 2 heterocycles.